The molecule has 2 N–H and O–H groups in total. The van der Waals surface area contributed by atoms with Crippen LogP contribution in [0.15, 0.2) is 18.3 Å². The molecule has 0 aliphatic carbocycles. The van der Waals surface area contributed by atoms with E-state index in [1.54, 1.807) is 23.2 Å². The Labute approximate surface area is 118 Å². The third-order valence-electron chi connectivity index (χ3n) is 3.38. The summed E-state index contributed by atoms with van der Waals surface area (Å²) in [6.45, 7) is 6.14. The minimum absolute atomic E-state index is 0.0317. The van der Waals surface area contributed by atoms with E-state index in [4.69, 9.17) is 4.74 Å². The molecule has 1 aliphatic heterocycles. The molecule has 0 bridgehead atoms. The Morgan fingerprint density at radius 2 is 2.05 bits per heavy atom. The van der Waals surface area contributed by atoms with Crippen molar-refractivity contribution in [3.05, 3.63) is 24.0 Å². The highest BCUT2D eigenvalue weighted by Gasteiger charge is 2.29. The van der Waals surface area contributed by atoms with Gasteiger partial charge >= 0.3 is 0 Å². The fraction of sp³-hybridized carbons (Fsp3) is 0.571. The molecule has 0 saturated carbocycles. The van der Waals surface area contributed by atoms with Gasteiger partial charge in [-0.1, -0.05) is 13.8 Å². The summed E-state index contributed by atoms with van der Waals surface area (Å²) in [4.78, 5) is 29.2. The number of aromatic nitrogens is 1. The van der Waals surface area contributed by atoms with Crippen molar-refractivity contribution in [3.8, 4) is 0 Å². The Hall–Kier alpha value is -1.82. The van der Waals surface area contributed by atoms with Gasteiger partial charge in [-0.3, -0.25) is 9.59 Å². The van der Waals surface area contributed by atoms with Crippen LogP contribution in [-0.4, -0.2) is 54.0 Å². The highest BCUT2D eigenvalue weighted by molar-refractivity contribution is 5.96. The number of hydrogen-bond donors (Lipinski definition) is 2. The highest BCUT2D eigenvalue weighted by atomic mass is 16.5. The monoisotopic (exact) mass is 279 g/mol. The van der Waals surface area contributed by atoms with E-state index in [0.717, 1.165) is 0 Å². The molecule has 2 amide bonds. The smallest absolute Gasteiger partial charge is 0.268 e. The van der Waals surface area contributed by atoms with E-state index in [1.165, 1.54) is 0 Å². The predicted molar refractivity (Wildman–Crippen MR) is 74.3 cm³/mol. The van der Waals surface area contributed by atoms with Crippen LogP contribution < -0.4 is 5.32 Å². The first kappa shape index (κ1) is 14.6. The number of H-pyrrole nitrogens is 1. The van der Waals surface area contributed by atoms with Crippen molar-refractivity contribution in [2.45, 2.75) is 19.9 Å². The van der Waals surface area contributed by atoms with Gasteiger partial charge in [0.2, 0.25) is 5.91 Å². The summed E-state index contributed by atoms with van der Waals surface area (Å²) >= 11 is 0. The molecule has 20 heavy (non-hydrogen) atoms. The van der Waals surface area contributed by atoms with Gasteiger partial charge in [0.25, 0.3) is 5.91 Å². The van der Waals surface area contributed by atoms with Crippen molar-refractivity contribution in [1.82, 2.24) is 15.2 Å². The van der Waals surface area contributed by atoms with Crippen LogP contribution in [0, 0.1) is 5.92 Å². The lowest BCUT2D eigenvalue weighted by molar-refractivity contribution is -0.138. The van der Waals surface area contributed by atoms with Gasteiger partial charge in [0, 0.05) is 19.3 Å². The zero-order chi connectivity index (χ0) is 14.5. The number of rotatable bonds is 4. The average Bonchev–Trinajstić information content (AvgIpc) is 2.98. The van der Waals surface area contributed by atoms with Crippen molar-refractivity contribution in [2.24, 2.45) is 5.92 Å². The third kappa shape index (κ3) is 3.39. The third-order valence-corrected chi connectivity index (χ3v) is 3.38. The lowest BCUT2D eigenvalue weighted by atomic mass is 10.0. The summed E-state index contributed by atoms with van der Waals surface area (Å²) in [5.74, 6) is -0.261. The van der Waals surface area contributed by atoms with Gasteiger partial charge in [-0.2, -0.15) is 0 Å². The van der Waals surface area contributed by atoms with Crippen molar-refractivity contribution in [2.75, 3.05) is 26.3 Å². The number of aromatic amines is 1. The second-order valence-corrected chi connectivity index (χ2v) is 5.22. The van der Waals surface area contributed by atoms with Crippen LogP contribution in [0.3, 0.4) is 0 Å². The molecule has 2 rings (SSSR count). The molecular weight excluding hydrogens is 258 g/mol. The molecule has 1 aliphatic rings. The first-order chi connectivity index (χ1) is 9.59. The van der Waals surface area contributed by atoms with Crippen LogP contribution in [0.25, 0.3) is 0 Å². The largest absolute Gasteiger partial charge is 0.378 e. The number of nitrogens with zero attached hydrogens (tertiary/aromatic N) is 1. The second kappa shape index (κ2) is 6.56. The molecule has 1 atom stereocenters. The number of carbonyl (C=O) groups excluding carboxylic acids is 2. The molecule has 1 aromatic heterocycles. The molecular formula is C14H21N3O3. The number of carbonyl (C=O) groups is 2. The maximum atomic E-state index is 12.5. The van der Waals surface area contributed by atoms with E-state index in [2.05, 4.69) is 10.3 Å². The first-order valence-electron chi connectivity index (χ1n) is 6.90. The highest BCUT2D eigenvalue weighted by Crippen LogP contribution is 2.09. The Balaban J connectivity index is 2.02. The van der Waals surface area contributed by atoms with Gasteiger partial charge in [-0.15, -0.1) is 0 Å². The lowest BCUT2D eigenvalue weighted by Gasteiger charge is -2.32. The number of nitrogens with one attached hydrogen (secondary N) is 2. The Morgan fingerprint density at radius 1 is 1.35 bits per heavy atom. The van der Waals surface area contributed by atoms with Crippen molar-refractivity contribution >= 4 is 11.8 Å². The Bertz CT molecular complexity index is 450. The number of hydrogen-bond acceptors (Lipinski definition) is 3. The summed E-state index contributed by atoms with van der Waals surface area (Å²) in [6, 6.07) is 2.93. The molecule has 1 fully saturated rings. The molecule has 0 radical (unpaired) electrons. The molecule has 0 aromatic carbocycles. The quantitative estimate of drug-likeness (QED) is 0.849. The van der Waals surface area contributed by atoms with Gasteiger partial charge in [-0.05, 0) is 18.1 Å². The molecule has 2 heterocycles. The number of amides is 2. The van der Waals surface area contributed by atoms with E-state index >= 15 is 0 Å². The minimum Gasteiger partial charge on any atom is -0.378 e. The predicted octanol–water partition coefficient (Wildman–Crippen LogP) is 0.628. The summed E-state index contributed by atoms with van der Waals surface area (Å²) < 4.78 is 5.24. The van der Waals surface area contributed by atoms with Crippen molar-refractivity contribution in [1.29, 1.82) is 0 Å². The fourth-order valence-corrected chi connectivity index (χ4v) is 2.18. The van der Waals surface area contributed by atoms with Crippen molar-refractivity contribution < 1.29 is 14.3 Å². The zero-order valence-electron chi connectivity index (χ0n) is 11.9. The van der Waals surface area contributed by atoms with E-state index in [1.807, 2.05) is 13.8 Å². The minimum atomic E-state index is -0.510. The van der Waals surface area contributed by atoms with Crippen LogP contribution in [0.1, 0.15) is 24.3 Å². The van der Waals surface area contributed by atoms with E-state index in [9.17, 15) is 9.59 Å². The number of morpholine rings is 1. The maximum absolute atomic E-state index is 12.5. The molecule has 0 unspecified atom stereocenters. The molecule has 1 saturated heterocycles. The lowest BCUT2D eigenvalue weighted by Crippen LogP contribution is -2.53. The summed E-state index contributed by atoms with van der Waals surface area (Å²) in [6.07, 6.45) is 1.68. The number of ether oxygens (including phenoxy) is 1. The zero-order valence-corrected chi connectivity index (χ0v) is 11.9. The van der Waals surface area contributed by atoms with Crippen LogP contribution >= 0.6 is 0 Å². The van der Waals surface area contributed by atoms with E-state index in [0.29, 0.717) is 32.0 Å². The van der Waals surface area contributed by atoms with Crippen LogP contribution in [0.5, 0.6) is 0 Å². The fourth-order valence-electron chi connectivity index (χ4n) is 2.18. The van der Waals surface area contributed by atoms with Gasteiger partial charge in [0.15, 0.2) is 0 Å². The van der Waals surface area contributed by atoms with Crippen LogP contribution in [-0.2, 0) is 9.53 Å². The molecule has 6 nitrogen and oxygen atoms in total. The molecule has 0 spiro atoms. The first-order valence-corrected chi connectivity index (χ1v) is 6.90. The van der Waals surface area contributed by atoms with E-state index in [-0.39, 0.29) is 17.7 Å². The Kier molecular flexibility index (Phi) is 4.79. The second-order valence-electron chi connectivity index (χ2n) is 5.22. The van der Waals surface area contributed by atoms with E-state index < -0.39 is 6.04 Å². The van der Waals surface area contributed by atoms with Gasteiger partial charge in [0.1, 0.15) is 11.7 Å². The van der Waals surface area contributed by atoms with Crippen molar-refractivity contribution in [3.63, 3.8) is 0 Å². The summed E-state index contributed by atoms with van der Waals surface area (Å²) in [5.41, 5.74) is 0.463. The van der Waals surface area contributed by atoms with Gasteiger partial charge in [-0.25, -0.2) is 0 Å². The van der Waals surface area contributed by atoms with Gasteiger partial charge < -0.3 is 19.9 Å². The Morgan fingerprint density at radius 3 is 2.60 bits per heavy atom. The standard InChI is InChI=1S/C14H21N3O3/c1-10(2)12(14(19)17-6-8-20-9-7-17)16-13(18)11-4-3-5-15-11/h3-5,10,12,15H,6-9H2,1-2H3,(H,16,18)/t12-/m0/s1. The average molecular weight is 279 g/mol. The van der Waals surface area contributed by atoms with Crippen LogP contribution in [0.4, 0.5) is 0 Å². The topological polar surface area (TPSA) is 74.4 Å². The molecule has 110 valence electrons. The summed E-state index contributed by atoms with van der Waals surface area (Å²) in [5, 5.41) is 2.81. The maximum Gasteiger partial charge on any atom is 0.268 e. The van der Waals surface area contributed by atoms with Crippen LogP contribution in [0.2, 0.25) is 0 Å². The van der Waals surface area contributed by atoms with Gasteiger partial charge in [0.05, 0.1) is 13.2 Å². The SMILES string of the molecule is CC(C)[C@H](NC(=O)c1ccc[nH]1)C(=O)N1CCOCC1. The summed E-state index contributed by atoms with van der Waals surface area (Å²) in [7, 11) is 0. The molecule has 6 heteroatoms. The molecule has 1 aromatic rings. The normalized spacial score (nSPS) is 17.1.